The Morgan fingerprint density at radius 2 is 0.730 bits per heavy atom. The summed E-state index contributed by atoms with van der Waals surface area (Å²) in [6.07, 6.45) is -13.5. The van der Waals surface area contributed by atoms with E-state index in [2.05, 4.69) is 26.1 Å². The summed E-state index contributed by atoms with van der Waals surface area (Å²) in [5, 5.41) is 57.9. The van der Waals surface area contributed by atoms with Gasteiger partial charge in [-0.1, -0.05) is 0 Å². The highest BCUT2D eigenvalue weighted by Gasteiger charge is 2.62. The summed E-state index contributed by atoms with van der Waals surface area (Å²) in [6, 6.07) is 0. The zero-order chi connectivity index (χ0) is 29.6. The molecule has 0 amide bonds. The summed E-state index contributed by atoms with van der Waals surface area (Å²) in [7, 11) is -38.3. The van der Waals surface area contributed by atoms with Gasteiger partial charge in [-0.15, -0.1) is 0 Å². The van der Waals surface area contributed by atoms with Gasteiger partial charge in [-0.3, -0.25) is 0 Å². The second-order valence-electron chi connectivity index (χ2n) is 6.45. The second-order valence-corrected chi connectivity index (χ2v) is 15.6. The molecule has 0 spiro atoms. The van der Waals surface area contributed by atoms with Crippen LogP contribution < -0.4 is 0 Å². The number of rotatable bonds is 12. The Morgan fingerprint density at radius 3 is 1.03 bits per heavy atom. The number of phosphoric acid groups is 6. The molecule has 0 radical (unpaired) electrons. The van der Waals surface area contributed by atoms with Crippen molar-refractivity contribution in [3.63, 3.8) is 0 Å². The lowest BCUT2D eigenvalue weighted by Gasteiger charge is -2.46. The van der Waals surface area contributed by atoms with E-state index in [1.54, 1.807) is 0 Å². The predicted octanol–water partition coefficient (Wildman–Crippen LogP) is -3.81. The molecule has 1 saturated carbocycles. The van der Waals surface area contributed by atoms with E-state index in [-0.39, 0.29) is 0 Å². The van der Waals surface area contributed by atoms with Crippen molar-refractivity contribution in [2.24, 2.45) is 0 Å². The minimum atomic E-state index is -6.59. The van der Waals surface area contributed by atoms with Crippen molar-refractivity contribution in [1.29, 1.82) is 0 Å². The van der Waals surface area contributed by atoms with Crippen molar-refractivity contribution in [1.82, 2.24) is 0 Å². The molecule has 0 aromatic rings. The van der Waals surface area contributed by atoms with Crippen LogP contribution >= 0.6 is 46.9 Å². The molecular formula is C6H18O25P6. The maximum absolute atomic E-state index is 12.0. The number of phosphoric ester groups is 1. The summed E-state index contributed by atoms with van der Waals surface area (Å²) in [6.45, 7) is 0. The highest BCUT2D eigenvalue weighted by atomic mass is 31.3. The van der Waals surface area contributed by atoms with Gasteiger partial charge in [0, 0.05) is 0 Å². The third kappa shape index (κ3) is 10.5. The molecule has 37 heavy (non-hydrogen) atoms. The Morgan fingerprint density at radius 1 is 0.459 bits per heavy atom. The first-order chi connectivity index (χ1) is 16.0. The fraction of sp³-hybridized carbons (Fsp3) is 1.00. The fourth-order valence-corrected chi connectivity index (χ4v) is 9.78. The molecule has 1 aliphatic rings. The first kappa shape index (κ1) is 35.6. The van der Waals surface area contributed by atoms with Gasteiger partial charge < -0.3 is 64.9 Å². The van der Waals surface area contributed by atoms with Crippen LogP contribution in [-0.4, -0.2) is 101 Å². The normalized spacial score (nSPS) is 37.4. The van der Waals surface area contributed by atoms with Crippen LogP contribution in [0.2, 0.25) is 0 Å². The molecule has 0 heterocycles. The molecule has 0 bridgehead atoms. The lowest BCUT2D eigenvalue weighted by atomic mass is 9.82. The van der Waals surface area contributed by atoms with Crippen molar-refractivity contribution < 1.29 is 118 Å². The molecule has 1 rings (SSSR count). The van der Waals surface area contributed by atoms with Gasteiger partial charge in [-0.2, -0.15) is 21.6 Å². The largest absolute Gasteiger partial charge is 0.490 e. The van der Waals surface area contributed by atoms with Crippen molar-refractivity contribution in [2.45, 2.75) is 36.3 Å². The second kappa shape index (κ2) is 11.5. The minimum Gasteiger partial charge on any atom is -0.387 e. The molecule has 0 aromatic heterocycles. The third-order valence-electron chi connectivity index (χ3n) is 3.49. The van der Waals surface area contributed by atoms with Crippen LogP contribution in [0.3, 0.4) is 0 Å². The van der Waals surface area contributed by atoms with E-state index in [1.807, 2.05) is 0 Å². The van der Waals surface area contributed by atoms with Crippen molar-refractivity contribution >= 4 is 46.9 Å². The van der Waals surface area contributed by atoms with Crippen LogP contribution in [0.5, 0.6) is 0 Å². The third-order valence-corrected chi connectivity index (χ3v) is 12.3. The smallest absolute Gasteiger partial charge is 0.387 e. The number of aliphatic hydroxyl groups excluding tert-OH is 5. The highest BCUT2D eigenvalue weighted by molar-refractivity contribution is 7.72. The van der Waals surface area contributed by atoms with Crippen molar-refractivity contribution in [3.05, 3.63) is 0 Å². The fourth-order valence-electron chi connectivity index (χ4n) is 2.26. The van der Waals surface area contributed by atoms with Crippen LogP contribution in [-0.2, 0) is 53.5 Å². The van der Waals surface area contributed by atoms with E-state index in [9.17, 15) is 72.7 Å². The number of aliphatic hydroxyl groups is 6. The average Bonchev–Trinajstić information content (AvgIpc) is 2.56. The number of hydrogen-bond acceptors (Lipinski definition) is 18. The van der Waals surface area contributed by atoms with Gasteiger partial charge in [0.05, 0.1) is 0 Å². The van der Waals surface area contributed by atoms with E-state index >= 15 is 0 Å². The summed E-state index contributed by atoms with van der Waals surface area (Å²) in [5.41, 5.74) is 0. The molecule has 1 aliphatic carbocycles. The van der Waals surface area contributed by atoms with Gasteiger partial charge in [0.15, 0.2) is 0 Å². The Labute approximate surface area is 202 Å². The lowest BCUT2D eigenvalue weighted by Crippen LogP contribution is -2.71. The maximum atomic E-state index is 12.0. The van der Waals surface area contributed by atoms with Gasteiger partial charge in [-0.05, 0) is 0 Å². The molecule has 0 saturated heterocycles. The van der Waals surface area contributed by atoms with Crippen LogP contribution in [0, 0.1) is 0 Å². The van der Waals surface area contributed by atoms with Crippen LogP contribution in [0.15, 0.2) is 0 Å². The Bertz CT molecular complexity index is 1110. The van der Waals surface area contributed by atoms with E-state index in [4.69, 9.17) is 19.6 Å². The predicted molar refractivity (Wildman–Crippen MR) is 103 cm³/mol. The van der Waals surface area contributed by atoms with Crippen molar-refractivity contribution in [3.8, 4) is 0 Å². The van der Waals surface area contributed by atoms with E-state index in [0.717, 1.165) is 0 Å². The molecule has 31 heteroatoms. The number of hydrogen-bond donors (Lipinski definition) is 13. The average molecular weight is 676 g/mol. The molecule has 1 fully saturated rings. The summed E-state index contributed by atoms with van der Waals surface area (Å²) >= 11 is 0. The van der Waals surface area contributed by atoms with Crippen molar-refractivity contribution in [2.75, 3.05) is 0 Å². The Kier molecular flexibility index (Phi) is 11.1. The topological polar surface area (TPSA) is 421 Å². The molecule has 11 atom stereocenters. The van der Waals surface area contributed by atoms with Gasteiger partial charge >= 0.3 is 46.9 Å². The van der Waals surface area contributed by atoms with E-state index in [0.29, 0.717) is 0 Å². The zero-order valence-corrected chi connectivity index (χ0v) is 22.1. The monoisotopic (exact) mass is 676 g/mol. The standard InChI is InChI=1S/C6H18O25P6/c7-1-2(8)4(10)6(12,5(11)3(1)9)26-33(16,17)28-35(20,21)30-37(24,25)31-36(22,23)29-34(18,19)27-32(13,14)15/h1-5,7-12H,(H,16,17)(H,18,19)(H,20,21)(H,22,23)(H,24,25)(H2,13,14,15)/t1?,2-,3+,4-,5-,6?/m1/s1. The van der Waals surface area contributed by atoms with Crippen LogP contribution in [0.25, 0.3) is 0 Å². The van der Waals surface area contributed by atoms with Gasteiger partial charge in [-0.25, -0.2) is 31.9 Å². The highest BCUT2D eigenvalue weighted by Crippen LogP contribution is 2.75. The summed E-state index contributed by atoms with van der Waals surface area (Å²) in [4.78, 5) is 62.9. The first-order valence-electron chi connectivity index (χ1n) is 8.13. The molecule has 0 aliphatic heterocycles. The van der Waals surface area contributed by atoms with Gasteiger partial charge in [0.1, 0.15) is 30.5 Å². The molecule has 13 N–H and O–H groups in total. The van der Waals surface area contributed by atoms with Crippen LogP contribution in [0.1, 0.15) is 0 Å². The molecule has 222 valence electrons. The summed E-state index contributed by atoms with van der Waals surface area (Å²) < 4.78 is 88.7. The summed E-state index contributed by atoms with van der Waals surface area (Å²) in [5.74, 6) is -3.96. The van der Waals surface area contributed by atoms with E-state index < -0.39 is 83.2 Å². The maximum Gasteiger partial charge on any atom is 0.490 e. The molecule has 7 unspecified atom stereocenters. The van der Waals surface area contributed by atoms with E-state index in [1.165, 1.54) is 0 Å². The molecular weight excluding hydrogens is 658 g/mol. The van der Waals surface area contributed by atoms with Crippen LogP contribution in [0.4, 0.5) is 0 Å². The van der Waals surface area contributed by atoms with Gasteiger partial charge in [0.2, 0.25) is 5.79 Å². The SMILES string of the molecule is O=P(O)(O)OP(=O)(O)OP(=O)(O)OP(=O)(O)OP(=O)(O)OP(=O)(O)OC1(O)[C@H](O)[C@H](O)C(O)[C@H](O)[C@H]1O. The first-order valence-corrected chi connectivity index (χ1v) is 17.1. The van der Waals surface area contributed by atoms with Gasteiger partial charge in [0.25, 0.3) is 0 Å². The quantitative estimate of drug-likeness (QED) is 0.0695. The molecule has 25 nitrogen and oxygen atoms in total. The minimum absolute atomic E-state index is 2.38. The lowest BCUT2D eigenvalue weighted by molar-refractivity contribution is -0.336. The molecule has 0 aromatic carbocycles. The zero-order valence-electron chi connectivity index (χ0n) is 16.8. The Hall–Kier alpha value is 0.620. The Balaban J connectivity index is 3.03.